The Kier molecular flexibility index (Phi) is 7.26. The van der Waals surface area contributed by atoms with Gasteiger partial charge in [-0.15, -0.1) is 0 Å². The summed E-state index contributed by atoms with van der Waals surface area (Å²) in [5, 5.41) is 12.7. The maximum atomic E-state index is 14.7. The van der Waals surface area contributed by atoms with Crippen LogP contribution in [0.3, 0.4) is 0 Å². The molecule has 3 aromatic carbocycles. The molecule has 1 aliphatic carbocycles. The number of aliphatic carboxylic acids is 1. The molecule has 2 aliphatic rings. The monoisotopic (exact) mass is 542 g/mol. The zero-order valence-corrected chi connectivity index (χ0v) is 22.0. The maximum absolute atomic E-state index is 14.7. The third-order valence-corrected chi connectivity index (χ3v) is 7.91. The van der Waals surface area contributed by atoms with E-state index in [0.29, 0.717) is 61.9 Å². The summed E-state index contributed by atoms with van der Waals surface area (Å²) in [6.07, 6.45) is 4.23. The SMILES string of the molecule is O=C(NC1CCC(C(=O)O)CC1)c1ccc(F)c2ccn(Cc3ccc(-c4cccc(OC5COC5)c4)cc3)c12. The summed E-state index contributed by atoms with van der Waals surface area (Å²) in [7, 11) is 0. The van der Waals surface area contributed by atoms with Gasteiger partial charge in [0.2, 0.25) is 0 Å². The molecule has 40 heavy (non-hydrogen) atoms. The minimum Gasteiger partial charge on any atom is -0.486 e. The first-order valence-electron chi connectivity index (χ1n) is 13.7. The fourth-order valence-corrected chi connectivity index (χ4v) is 5.58. The Labute approximate surface area is 231 Å². The molecule has 4 aromatic rings. The summed E-state index contributed by atoms with van der Waals surface area (Å²) >= 11 is 0. The van der Waals surface area contributed by atoms with E-state index in [2.05, 4.69) is 5.32 Å². The van der Waals surface area contributed by atoms with Gasteiger partial charge in [0, 0.05) is 24.2 Å². The van der Waals surface area contributed by atoms with Crippen molar-refractivity contribution in [3.8, 4) is 16.9 Å². The molecule has 0 unspecified atom stereocenters. The van der Waals surface area contributed by atoms with Gasteiger partial charge in [0.25, 0.3) is 5.91 Å². The van der Waals surface area contributed by atoms with Crippen LogP contribution < -0.4 is 10.1 Å². The van der Waals surface area contributed by atoms with Crippen molar-refractivity contribution in [2.24, 2.45) is 5.92 Å². The van der Waals surface area contributed by atoms with E-state index in [1.54, 1.807) is 6.07 Å². The average Bonchev–Trinajstić information content (AvgIpc) is 3.36. The van der Waals surface area contributed by atoms with Crippen molar-refractivity contribution in [2.45, 2.75) is 44.4 Å². The Morgan fingerprint density at radius 1 is 0.975 bits per heavy atom. The Hall–Kier alpha value is -4.17. The van der Waals surface area contributed by atoms with Gasteiger partial charge in [0.1, 0.15) is 17.7 Å². The number of carboxylic acid groups (broad SMARTS) is 1. The number of carbonyl (C=O) groups excluding carboxylic acids is 1. The van der Waals surface area contributed by atoms with Gasteiger partial charge < -0.3 is 24.5 Å². The van der Waals surface area contributed by atoms with Crippen molar-refractivity contribution in [1.82, 2.24) is 9.88 Å². The zero-order valence-electron chi connectivity index (χ0n) is 22.0. The number of fused-ring (bicyclic) bond motifs is 1. The van der Waals surface area contributed by atoms with E-state index in [4.69, 9.17) is 9.47 Å². The Morgan fingerprint density at radius 3 is 2.45 bits per heavy atom. The summed E-state index contributed by atoms with van der Waals surface area (Å²) in [5.41, 5.74) is 4.08. The first-order valence-corrected chi connectivity index (χ1v) is 13.7. The molecule has 0 spiro atoms. The third-order valence-electron chi connectivity index (χ3n) is 7.91. The fraction of sp³-hybridized carbons (Fsp3) is 0.312. The molecule has 1 aromatic heterocycles. The second-order valence-electron chi connectivity index (χ2n) is 10.7. The van der Waals surface area contributed by atoms with Crippen LogP contribution in [0.1, 0.15) is 41.6 Å². The molecule has 7 nitrogen and oxygen atoms in total. The van der Waals surface area contributed by atoms with Crippen LogP contribution in [0.15, 0.2) is 72.9 Å². The minimum absolute atomic E-state index is 0.0925. The van der Waals surface area contributed by atoms with E-state index in [-0.39, 0.29) is 29.8 Å². The number of amides is 1. The number of carboxylic acids is 1. The lowest BCUT2D eigenvalue weighted by Gasteiger charge is -2.27. The van der Waals surface area contributed by atoms with E-state index in [9.17, 15) is 19.1 Å². The molecule has 6 rings (SSSR count). The van der Waals surface area contributed by atoms with Crippen molar-refractivity contribution in [1.29, 1.82) is 0 Å². The molecule has 0 radical (unpaired) electrons. The number of carbonyl (C=O) groups is 2. The molecular weight excluding hydrogens is 511 g/mol. The molecule has 2 fully saturated rings. The number of rotatable bonds is 8. The van der Waals surface area contributed by atoms with Gasteiger partial charge >= 0.3 is 5.97 Å². The third kappa shape index (κ3) is 5.45. The van der Waals surface area contributed by atoms with Gasteiger partial charge in [-0.2, -0.15) is 0 Å². The predicted octanol–water partition coefficient (Wildman–Crippen LogP) is 5.65. The number of halogens is 1. The number of hydrogen-bond acceptors (Lipinski definition) is 4. The van der Waals surface area contributed by atoms with E-state index >= 15 is 0 Å². The highest BCUT2D eigenvalue weighted by Gasteiger charge is 2.28. The lowest BCUT2D eigenvalue weighted by molar-refractivity contribution is -0.142. The summed E-state index contributed by atoms with van der Waals surface area (Å²) in [6.45, 7) is 1.71. The normalized spacial score (nSPS) is 19.2. The number of aromatic nitrogens is 1. The van der Waals surface area contributed by atoms with Crippen LogP contribution >= 0.6 is 0 Å². The molecule has 1 amide bonds. The van der Waals surface area contributed by atoms with Gasteiger partial charge in [-0.05, 0) is 72.7 Å². The van der Waals surface area contributed by atoms with E-state index in [1.165, 1.54) is 12.1 Å². The molecular formula is C32H31FN2O5. The van der Waals surface area contributed by atoms with Crippen LogP contribution in [0.2, 0.25) is 0 Å². The van der Waals surface area contributed by atoms with Crippen molar-refractivity contribution in [3.63, 3.8) is 0 Å². The van der Waals surface area contributed by atoms with Crippen molar-refractivity contribution < 1.29 is 28.6 Å². The highest BCUT2D eigenvalue weighted by Crippen LogP contribution is 2.29. The highest BCUT2D eigenvalue weighted by molar-refractivity contribution is 6.06. The van der Waals surface area contributed by atoms with Crippen molar-refractivity contribution in [3.05, 3.63) is 89.9 Å². The second-order valence-corrected chi connectivity index (χ2v) is 10.7. The molecule has 2 N–H and O–H groups in total. The molecule has 0 bridgehead atoms. The molecule has 2 heterocycles. The number of nitrogens with zero attached hydrogens (tertiary/aromatic N) is 1. The Morgan fingerprint density at radius 2 is 1.75 bits per heavy atom. The van der Waals surface area contributed by atoms with Crippen LogP contribution in [0.4, 0.5) is 4.39 Å². The number of ether oxygens (including phenoxy) is 2. The first kappa shape index (κ1) is 26.1. The summed E-state index contributed by atoms with van der Waals surface area (Å²) in [6, 6.07) is 20.6. The van der Waals surface area contributed by atoms with Gasteiger partial charge in [0.05, 0.1) is 30.2 Å². The van der Waals surface area contributed by atoms with E-state index < -0.39 is 5.97 Å². The summed E-state index contributed by atoms with van der Waals surface area (Å²) in [4.78, 5) is 24.6. The molecule has 8 heteroatoms. The summed E-state index contributed by atoms with van der Waals surface area (Å²) < 4.78 is 27.7. The van der Waals surface area contributed by atoms with Crippen LogP contribution in [-0.2, 0) is 16.1 Å². The topological polar surface area (TPSA) is 89.8 Å². The van der Waals surface area contributed by atoms with E-state index in [1.807, 2.05) is 59.3 Å². The summed E-state index contributed by atoms with van der Waals surface area (Å²) in [5.74, 6) is -0.962. The highest BCUT2D eigenvalue weighted by atomic mass is 19.1. The smallest absolute Gasteiger partial charge is 0.306 e. The van der Waals surface area contributed by atoms with Gasteiger partial charge in [-0.25, -0.2) is 4.39 Å². The number of nitrogens with one attached hydrogen (secondary N) is 1. The zero-order chi connectivity index (χ0) is 27.6. The van der Waals surface area contributed by atoms with Crippen LogP contribution in [0.5, 0.6) is 5.75 Å². The Bertz CT molecular complexity index is 1530. The lowest BCUT2D eigenvalue weighted by atomic mass is 9.86. The molecule has 206 valence electrons. The first-order chi connectivity index (χ1) is 19.4. The van der Waals surface area contributed by atoms with Crippen molar-refractivity contribution >= 4 is 22.8 Å². The maximum Gasteiger partial charge on any atom is 0.306 e. The standard InChI is InChI=1S/C32H31FN2O5/c33-29-13-12-28(31(36)34-24-10-8-22(9-11-24)32(37)38)30-27(29)14-15-35(30)17-20-4-6-21(7-5-20)23-2-1-3-25(16-23)40-26-18-39-19-26/h1-7,12-16,22,24,26H,8-11,17-19H2,(H,34,36)(H,37,38). The van der Waals surface area contributed by atoms with Gasteiger partial charge in [0.15, 0.2) is 0 Å². The minimum atomic E-state index is -0.780. The Balaban J connectivity index is 1.19. The van der Waals surface area contributed by atoms with Crippen LogP contribution in [0, 0.1) is 11.7 Å². The van der Waals surface area contributed by atoms with Gasteiger partial charge in [-0.1, -0.05) is 36.4 Å². The van der Waals surface area contributed by atoms with Crippen LogP contribution in [-0.4, -0.2) is 46.9 Å². The number of benzene rings is 3. The van der Waals surface area contributed by atoms with E-state index in [0.717, 1.165) is 22.4 Å². The average molecular weight is 543 g/mol. The fourth-order valence-electron chi connectivity index (χ4n) is 5.58. The van der Waals surface area contributed by atoms with Gasteiger partial charge in [-0.3, -0.25) is 9.59 Å². The van der Waals surface area contributed by atoms with Crippen molar-refractivity contribution in [2.75, 3.05) is 13.2 Å². The predicted molar refractivity (Wildman–Crippen MR) is 149 cm³/mol. The lowest BCUT2D eigenvalue weighted by Crippen LogP contribution is -2.38. The molecule has 1 saturated heterocycles. The van der Waals surface area contributed by atoms with Crippen LogP contribution in [0.25, 0.3) is 22.0 Å². The molecule has 1 aliphatic heterocycles. The molecule has 1 saturated carbocycles. The second kappa shape index (κ2) is 11.1. The number of hydrogen-bond donors (Lipinski definition) is 2. The quantitative estimate of drug-likeness (QED) is 0.301. The molecule has 0 atom stereocenters. The largest absolute Gasteiger partial charge is 0.486 e.